The second kappa shape index (κ2) is 16.0. The average molecular weight is 883 g/mol. The minimum Gasteiger partial charge on any atom is -0.309 e. The van der Waals surface area contributed by atoms with Crippen LogP contribution in [0.25, 0.3) is 83.1 Å². The number of benzene rings is 10. The molecule has 69 heavy (non-hydrogen) atoms. The van der Waals surface area contributed by atoms with E-state index < -0.39 is 0 Å². The van der Waals surface area contributed by atoms with Crippen molar-refractivity contribution in [2.75, 3.05) is 4.90 Å². The first-order chi connectivity index (χ1) is 34.2. The molecule has 11 aromatic rings. The summed E-state index contributed by atoms with van der Waals surface area (Å²) < 4.78 is 2.39. The Morgan fingerprint density at radius 1 is 0.391 bits per heavy atom. The van der Waals surface area contributed by atoms with Crippen molar-refractivity contribution in [1.82, 2.24) is 4.57 Å². The molecule has 2 fully saturated rings. The summed E-state index contributed by atoms with van der Waals surface area (Å²) in [6, 6.07) is 90.3. The molecule has 14 rings (SSSR count). The number of hydrogen-bond donors (Lipinski definition) is 0. The van der Waals surface area contributed by atoms with Crippen LogP contribution in [0.1, 0.15) is 36.8 Å². The zero-order valence-electron chi connectivity index (χ0n) is 38.5. The highest BCUT2D eigenvalue weighted by atomic mass is 15.1. The van der Waals surface area contributed by atoms with Crippen molar-refractivity contribution in [1.29, 1.82) is 0 Å². The van der Waals surface area contributed by atoms with Crippen molar-refractivity contribution in [2.24, 2.45) is 11.8 Å². The highest BCUT2D eigenvalue weighted by Crippen LogP contribution is 2.67. The maximum absolute atomic E-state index is 2.58. The van der Waals surface area contributed by atoms with Gasteiger partial charge in [-0.3, -0.25) is 0 Å². The molecule has 3 aliphatic rings. The van der Waals surface area contributed by atoms with E-state index in [0.717, 1.165) is 17.3 Å². The van der Waals surface area contributed by atoms with Gasteiger partial charge in [0.05, 0.1) is 22.4 Å². The Morgan fingerprint density at radius 3 is 1.72 bits per heavy atom. The molecule has 0 amide bonds. The van der Waals surface area contributed by atoms with Gasteiger partial charge in [-0.05, 0) is 141 Å². The predicted molar refractivity (Wildman–Crippen MR) is 289 cm³/mol. The number of para-hydroxylation sites is 3. The Bertz CT molecular complexity index is 3750. The second-order valence-electron chi connectivity index (χ2n) is 19.6. The summed E-state index contributed by atoms with van der Waals surface area (Å²) in [6.07, 6.45) is 5.27. The summed E-state index contributed by atoms with van der Waals surface area (Å²) in [5.74, 6) is 1.47. The molecule has 2 nitrogen and oxygen atoms in total. The molecule has 0 N–H and O–H groups in total. The molecule has 0 saturated heterocycles. The van der Waals surface area contributed by atoms with E-state index in [0.29, 0.717) is 5.92 Å². The zero-order valence-corrected chi connectivity index (χ0v) is 38.5. The van der Waals surface area contributed by atoms with E-state index in [-0.39, 0.29) is 5.41 Å². The maximum Gasteiger partial charge on any atom is 0.0543 e. The molecule has 3 aliphatic carbocycles. The Balaban J connectivity index is 0.959. The van der Waals surface area contributed by atoms with Gasteiger partial charge in [-0.25, -0.2) is 0 Å². The highest BCUT2D eigenvalue weighted by molar-refractivity contribution is 6.10. The van der Waals surface area contributed by atoms with Crippen molar-refractivity contribution in [3.8, 4) is 61.3 Å². The summed E-state index contributed by atoms with van der Waals surface area (Å²) in [7, 11) is 0. The first kappa shape index (κ1) is 39.9. The van der Waals surface area contributed by atoms with Gasteiger partial charge >= 0.3 is 0 Å². The van der Waals surface area contributed by atoms with Crippen molar-refractivity contribution in [3.63, 3.8) is 0 Å². The molecule has 1 heterocycles. The lowest BCUT2D eigenvalue weighted by Gasteiger charge is -2.37. The topological polar surface area (TPSA) is 8.17 Å². The van der Waals surface area contributed by atoms with Crippen LogP contribution in [-0.4, -0.2) is 4.57 Å². The van der Waals surface area contributed by atoms with Crippen molar-refractivity contribution in [2.45, 2.75) is 31.1 Å². The minimum atomic E-state index is 0.0654. The van der Waals surface area contributed by atoms with E-state index >= 15 is 0 Å². The predicted octanol–water partition coefficient (Wildman–Crippen LogP) is 18.0. The van der Waals surface area contributed by atoms with Gasteiger partial charge in [-0.2, -0.15) is 0 Å². The molecule has 328 valence electrons. The fourth-order valence-corrected chi connectivity index (χ4v) is 13.3. The number of aromatic nitrogens is 1. The molecule has 3 atom stereocenters. The number of anilines is 3. The maximum atomic E-state index is 2.58. The van der Waals surface area contributed by atoms with E-state index in [1.807, 2.05) is 0 Å². The van der Waals surface area contributed by atoms with Crippen LogP contribution in [0.3, 0.4) is 0 Å². The first-order valence-corrected chi connectivity index (χ1v) is 24.8. The van der Waals surface area contributed by atoms with Gasteiger partial charge in [0.1, 0.15) is 0 Å². The molecule has 2 bridgehead atoms. The van der Waals surface area contributed by atoms with Crippen LogP contribution in [0.2, 0.25) is 0 Å². The second-order valence-corrected chi connectivity index (χ2v) is 19.6. The third-order valence-electron chi connectivity index (χ3n) is 16.1. The van der Waals surface area contributed by atoms with Crippen LogP contribution in [0, 0.1) is 11.8 Å². The van der Waals surface area contributed by atoms with E-state index in [1.54, 1.807) is 0 Å². The highest BCUT2D eigenvalue weighted by Gasteiger charge is 2.57. The summed E-state index contributed by atoms with van der Waals surface area (Å²) in [5, 5.41) is 2.52. The van der Waals surface area contributed by atoms with E-state index in [1.165, 1.54) is 126 Å². The monoisotopic (exact) mass is 882 g/mol. The number of hydrogen-bond acceptors (Lipinski definition) is 1. The standard InChI is InChI=1S/C67H50N2/c1-3-18-47(19-4-1)52-22-7-8-23-53(52)54-24-9-10-25-55(54)56-26-12-15-31-62(56)69(65-33-17-30-61-66(65)58-28-11-14-29-60(58)67(61)44-45-34-38-49(67)42-45)51-39-35-46(36-40-51)48-37-41-64-59(43-48)57-27-13-16-32-63(57)68(64)50-20-5-2-6-21-50/h1-33,35-37,39-41,43,45,49H,34,38,42,44H2. The van der Waals surface area contributed by atoms with Gasteiger partial charge in [0.2, 0.25) is 0 Å². The SMILES string of the molecule is c1ccc(-c2ccccc2-c2ccccc2-c2ccccc2N(c2ccc(-c3ccc4c(c3)c3ccccc3n4-c3ccccc3)cc2)c2cccc3c2-c2ccccc2C32CC3CCC2C3)cc1. The van der Waals surface area contributed by atoms with Gasteiger partial charge in [0.25, 0.3) is 0 Å². The first-order valence-electron chi connectivity index (χ1n) is 24.8. The van der Waals surface area contributed by atoms with Crippen molar-refractivity contribution < 1.29 is 0 Å². The molecular formula is C67H50N2. The van der Waals surface area contributed by atoms with Crippen LogP contribution in [0.5, 0.6) is 0 Å². The normalized spacial score (nSPS) is 17.7. The lowest BCUT2D eigenvalue weighted by atomic mass is 9.67. The zero-order chi connectivity index (χ0) is 45.5. The number of fused-ring (bicyclic) bond motifs is 11. The number of rotatable bonds is 8. The number of nitrogens with zero attached hydrogens (tertiary/aromatic N) is 2. The van der Waals surface area contributed by atoms with Gasteiger partial charge in [0.15, 0.2) is 0 Å². The van der Waals surface area contributed by atoms with Crippen LogP contribution in [0.15, 0.2) is 243 Å². The Hall–Kier alpha value is -8.20. The molecular weight excluding hydrogens is 833 g/mol. The summed E-state index contributed by atoms with van der Waals surface area (Å²) in [5.41, 5.74) is 22.7. The average Bonchev–Trinajstić information content (AvgIpc) is 4.20. The third kappa shape index (κ3) is 6.18. The fourth-order valence-electron chi connectivity index (χ4n) is 13.3. The van der Waals surface area contributed by atoms with Crippen molar-refractivity contribution in [3.05, 3.63) is 254 Å². The molecule has 0 aliphatic heterocycles. The Morgan fingerprint density at radius 2 is 0.971 bits per heavy atom. The van der Waals surface area contributed by atoms with Crippen LogP contribution in [-0.2, 0) is 5.41 Å². The summed E-state index contributed by atoms with van der Waals surface area (Å²) in [6.45, 7) is 0. The Kier molecular flexibility index (Phi) is 9.24. The molecule has 2 heteroatoms. The van der Waals surface area contributed by atoms with Crippen LogP contribution < -0.4 is 4.90 Å². The molecule has 3 unspecified atom stereocenters. The van der Waals surface area contributed by atoms with E-state index in [9.17, 15) is 0 Å². The van der Waals surface area contributed by atoms with Gasteiger partial charge < -0.3 is 9.47 Å². The minimum absolute atomic E-state index is 0.0654. The largest absolute Gasteiger partial charge is 0.309 e. The van der Waals surface area contributed by atoms with E-state index in [4.69, 9.17) is 0 Å². The summed E-state index contributed by atoms with van der Waals surface area (Å²) >= 11 is 0. The summed E-state index contributed by atoms with van der Waals surface area (Å²) in [4.78, 5) is 2.58. The third-order valence-corrected chi connectivity index (χ3v) is 16.1. The molecule has 10 aromatic carbocycles. The quantitative estimate of drug-likeness (QED) is 0.148. The smallest absolute Gasteiger partial charge is 0.0543 e. The van der Waals surface area contributed by atoms with Gasteiger partial charge in [0, 0.05) is 38.7 Å². The van der Waals surface area contributed by atoms with Crippen LogP contribution in [0.4, 0.5) is 17.1 Å². The molecule has 0 radical (unpaired) electrons. The molecule has 2 saturated carbocycles. The molecule has 1 aromatic heterocycles. The van der Waals surface area contributed by atoms with Crippen LogP contribution >= 0.6 is 0 Å². The van der Waals surface area contributed by atoms with Crippen molar-refractivity contribution >= 4 is 38.9 Å². The molecule has 1 spiro atoms. The van der Waals surface area contributed by atoms with Gasteiger partial charge in [-0.15, -0.1) is 0 Å². The van der Waals surface area contributed by atoms with Gasteiger partial charge in [-0.1, -0.05) is 194 Å². The Labute approximate surface area is 404 Å². The lowest BCUT2D eigenvalue weighted by Crippen LogP contribution is -2.31. The fraction of sp³-hybridized carbons (Fsp3) is 0.104. The lowest BCUT2D eigenvalue weighted by molar-refractivity contribution is 0.327. The van der Waals surface area contributed by atoms with E-state index in [2.05, 4.69) is 252 Å².